The fourth-order valence-electron chi connectivity index (χ4n) is 2.22. The SMILES string of the molecule is CNC(=O)NC(=O)[C@@H](C)N(Cc1ccc(F)cc1)C1CC1. The van der Waals surface area contributed by atoms with Gasteiger partial charge < -0.3 is 5.32 Å². The van der Waals surface area contributed by atoms with Crippen LogP contribution in [0.3, 0.4) is 0 Å². The summed E-state index contributed by atoms with van der Waals surface area (Å²) < 4.78 is 12.9. The van der Waals surface area contributed by atoms with Crippen LogP contribution in [0.25, 0.3) is 0 Å². The summed E-state index contributed by atoms with van der Waals surface area (Å²) in [5.41, 5.74) is 0.947. The van der Waals surface area contributed by atoms with Gasteiger partial charge in [-0.2, -0.15) is 0 Å². The van der Waals surface area contributed by atoms with Crippen molar-refractivity contribution in [2.75, 3.05) is 7.05 Å². The van der Waals surface area contributed by atoms with Gasteiger partial charge in [-0.05, 0) is 37.5 Å². The number of carbonyl (C=O) groups excluding carboxylic acids is 2. The minimum atomic E-state index is -0.510. The average Bonchev–Trinajstić information content (AvgIpc) is 3.30. The second kappa shape index (κ2) is 6.67. The largest absolute Gasteiger partial charge is 0.341 e. The molecule has 1 aromatic rings. The monoisotopic (exact) mass is 293 g/mol. The van der Waals surface area contributed by atoms with Crippen LogP contribution in [0.2, 0.25) is 0 Å². The number of rotatable bonds is 5. The number of nitrogens with zero attached hydrogens (tertiary/aromatic N) is 1. The van der Waals surface area contributed by atoms with E-state index in [0.29, 0.717) is 12.6 Å². The van der Waals surface area contributed by atoms with Crippen LogP contribution < -0.4 is 10.6 Å². The zero-order chi connectivity index (χ0) is 15.4. The van der Waals surface area contributed by atoms with Gasteiger partial charge in [0.1, 0.15) is 5.82 Å². The summed E-state index contributed by atoms with van der Waals surface area (Å²) in [6.07, 6.45) is 2.08. The predicted octanol–water partition coefficient (Wildman–Crippen LogP) is 1.63. The van der Waals surface area contributed by atoms with Crippen molar-refractivity contribution in [2.45, 2.75) is 38.4 Å². The molecule has 1 saturated carbocycles. The Labute approximate surface area is 123 Å². The first kappa shape index (κ1) is 15.4. The zero-order valence-electron chi connectivity index (χ0n) is 12.2. The van der Waals surface area contributed by atoms with Crippen LogP contribution in [0.5, 0.6) is 0 Å². The summed E-state index contributed by atoms with van der Waals surface area (Å²) in [6.45, 7) is 2.34. The van der Waals surface area contributed by atoms with Gasteiger partial charge in [0.25, 0.3) is 0 Å². The summed E-state index contributed by atoms with van der Waals surface area (Å²) in [5, 5.41) is 4.66. The third kappa shape index (κ3) is 4.26. The molecule has 0 aromatic heterocycles. The van der Waals surface area contributed by atoms with Gasteiger partial charge in [-0.25, -0.2) is 9.18 Å². The molecule has 0 spiro atoms. The van der Waals surface area contributed by atoms with Crippen LogP contribution in [0.15, 0.2) is 24.3 Å². The number of benzene rings is 1. The Kier molecular flexibility index (Phi) is 4.90. The molecule has 5 nitrogen and oxygen atoms in total. The molecule has 1 aromatic carbocycles. The molecule has 21 heavy (non-hydrogen) atoms. The lowest BCUT2D eigenvalue weighted by Crippen LogP contribution is -2.49. The van der Waals surface area contributed by atoms with Crippen molar-refractivity contribution in [3.63, 3.8) is 0 Å². The molecule has 2 N–H and O–H groups in total. The van der Waals surface area contributed by atoms with E-state index < -0.39 is 12.1 Å². The fraction of sp³-hybridized carbons (Fsp3) is 0.467. The molecule has 3 amide bonds. The molecule has 1 aliphatic rings. The highest BCUT2D eigenvalue weighted by molar-refractivity contribution is 5.96. The third-order valence-electron chi connectivity index (χ3n) is 3.64. The van der Waals surface area contributed by atoms with Crippen LogP contribution in [0.4, 0.5) is 9.18 Å². The topological polar surface area (TPSA) is 61.4 Å². The number of urea groups is 1. The van der Waals surface area contributed by atoms with E-state index in [1.54, 1.807) is 19.1 Å². The Hall–Kier alpha value is -1.95. The van der Waals surface area contributed by atoms with Crippen LogP contribution in [-0.4, -0.2) is 36.0 Å². The fourth-order valence-corrected chi connectivity index (χ4v) is 2.22. The molecule has 0 radical (unpaired) electrons. The molecule has 6 heteroatoms. The number of hydrogen-bond donors (Lipinski definition) is 2. The van der Waals surface area contributed by atoms with E-state index >= 15 is 0 Å². The Balaban J connectivity index is 2.02. The average molecular weight is 293 g/mol. The minimum absolute atomic E-state index is 0.276. The van der Waals surface area contributed by atoms with Crippen molar-refractivity contribution >= 4 is 11.9 Å². The standard InChI is InChI=1S/C15H20FN3O2/c1-10(14(20)18-15(21)17-2)19(13-7-8-13)9-11-3-5-12(16)6-4-11/h3-6,10,13H,7-9H2,1-2H3,(H2,17,18,20,21)/t10-/m1/s1. The van der Waals surface area contributed by atoms with Crippen molar-refractivity contribution in [1.82, 2.24) is 15.5 Å². The number of amides is 3. The number of halogens is 1. The van der Waals surface area contributed by atoms with Gasteiger partial charge in [-0.15, -0.1) is 0 Å². The summed E-state index contributed by atoms with van der Waals surface area (Å²) >= 11 is 0. The molecule has 0 heterocycles. The molecule has 0 unspecified atom stereocenters. The molecular weight excluding hydrogens is 273 g/mol. The lowest BCUT2D eigenvalue weighted by molar-refractivity contribution is -0.125. The number of imide groups is 1. The maximum atomic E-state index is 12.9. The molecule has 0 saturated heterocycles. The Bertz CT molecular complexity index is 514. The molecule has 114 valence electrons. The molecule has 0 bridgehead atoms. The quantitative estimate of drug-likeness (QED) is 0.867. The highest BCUT2D eigenvalue weighted by Crippen LogP contribution is 2.30. The molecular formula is C15H20FN3O2. The van der Waals surface area contributed by atoms with E-state index in [4.69, 9.17) is 0 Å². The van der Waals surface area contributed by atoms with Crippen molar-refractivity contribution in [1.29, 1.82) is 0 Å². The van der Waals surface area contributed by atoms with E-state index in [1.807, 2.05) is 4.90 Å². The molecule has 2 rings (SSSR count). The summed E-state index contributed by atoms with van der Waals surface area (Å²) in [5.74, 6) is -0.606. The van der Waals surface area contributed by atoms with E-state index in [2.05, 4.69) is 10.6 Å². The first-order valence-corrected chi connectivity index (χ1v) is 7.04. The summed E-state index contributed by atoms with van der Waals surface area (Å²) in [7, 11) is 1.46. The lowest BCUT2D eigenvalue weighted by Gasteiger charge is -2.28. The highest BCUT2D eigenvalue weighted by atomic mass is 19.1. The highest BCUT2D eigenvalue weighted by Gasteiger charge is 2.35. The second-order valence-corrected chi connectivity index (χ2v) is 5.27. The summed E-state index contributed by atoms with van der Waals surface area (Å²) in [6, 6.07) is 5.68. The summed E-state index contributed by atoms with van der Waals surface area (Å²) in [4.78, 5) is 25.3. The Morgan fingerprint density at radius 1 is 1.33 bits per heavy atom. The third-order valence-corrected chi connectivity index (χ3v) is 3.64. The van der Waals surface area contributed by atoms with Gasteiger partial charge in [-0.1, -0.05) is 12.1 Å². The first-order chi connectivity index (χ1) is 10.0. The van der Waals surface area contributed by atoms with Crippen molar-refractivity contribution in [3.05, 3.63) is 35.6 Å². The smallest absolute Gasteiger partial charge is 0.321 e. The van der Waals surface area contributed by atoms with E-state index in [0.717, 1.165) is 18.4 Å². The van der Waals surface area contributed by atoms with Crippen LogP contribution in [0.1, 0.15) is 25.3 Å². The maximum absolute atomic E-state index is 12.9. The zero-order valence-corrected chi connectivity index (χ0v) is 12.2. The van der Waals surface area contributed by atoms with Crippen LogP contribution in [0, 0.1) is 5.82 Å². The van der Waals surface area contributed by atoms with Gasteiger partial charge in [0.05, 0.1) is 6.04 Å². The van der Waals surface area contributed by atoms with Crippen LogP contribution in [-0.2, 0) is 11.3 Å². The normalized spacial score (nSPS) is 15.6. The van der Waals surface area contributed by atoms with Gasteiger partial charge >= 0.3 is 6.03 Å². The van der Waals surface area contributed by atoms with Gasteiger partial charge in [-0.3, -0.25) is 15.0 Å². The number of carbonyl (C=O) groups is 2. The van der Waals surface area contributed by atoms with E-state index in [-0.39, 0.29) is 11.7 Å². The Morgan fingerprint density at radius 2 is 1.95 bits per heavy atom. The van der Waals surface area contributed by atoms with Gasteiger partial charge in [0, 0.05) is 19.6 Å². The minimum Gasteiger partial charge on any atom is -0.341 e. The molecule has 0 aliphatic heterocycles. The van der Waals surface area contributed by atoms with E-state index in [9.17, 15) is 14.0 Å². The maximum Gasteiger partial charge on any atom is 0.321 e. The van der Waals surface area contributed by atoms with Crippen LogP contribution >= 0.6 is 0 Å². The number of hydrogen-bond acceptors (Lipinski definition) is 3. The van der Waals surface area contributed by atoms with E-state index in [1.165, 1.54) is 19.2 Å². The lowest BCUT2D eigenvalue weighted by atomic mass is 10.1. The second-order valence-electron chi connectivity index (χ2n) is 5.27. The van der Waals surface area contributed by atoms with Crippen molar-refractivity contribution in [2.24, 2.45) is 0 Å². The van der Waals surface area contributed by atoms with Crippen molar-refractivity contribution < 1.29 is 14.0 Å². The molecule has 1 aliphatic carbocycles. The molecule has 1 atom stereocenters. The van der Waals surface area contributed by atoms with Gasteiger partial charge in [0.2, 0.25) is 5.91 Å². The Morgan fingerprint density at radius 3 is 2.48 bits per heavy atom. The predicted molar refractivity (Wildman–Crippen MR) is 77.0 cm³/mol. The van der Waals surface area contributed by atoms with Crippen molar-refractivity contribution in [3.8, 4) is 0 Å². The molecule has 1 fully saturated rings. The first-order valence-electron chi connectivity index (χ1n) is 7.04. The number of nitrogens with one attached hydrogen (secondary N) is 2. The van der Waals surface area contributed by atoms with Gasteiger partial charge in [0.15, 0.2) is 0 Å².